The molecule has 1 aliphatic rings. The number of benzene rings is 1. The van der Waals surface area contributed by atoms with Crippen LogP contribution in [0.1, 0.15) is 28.8 Å². The smallest absolute Gasteiger partial charge is 0.194 e. The number of nitrogens with one attached hydrogen (secondary N) is 1. The fraction of sp³-hybridized carbons (Fsp3) is 0.474. The third kappa shape index (κ3) is 5.17. The van der Waals surface area contributed by atoms with Crippen molar-refractivity contribution in [2.24, 2.45) is 4.99 Å². The number of nitrogens with zero attached hydrogens (tertiary/aromatic N) is 3. The zero-order chi connectivity index (χ0) is 19.2. The number of thiazole rings is 1. The first-order chi connectivity index (χ1) is 13.1. The van der Waals surface area contributed by atoms with Gasteiger partial charge in [-0.25, -0.2) is 9.37 Å². The highest BCUT2D eigenvalue weighted by Gasteiger charge is 2.17. The van der Waals surface area contributed by atoms with Gasteiger partial charge in [-0.1, -0.05) is 0 Å². The predicted molar refractivity (Wildman–Crippen MR) is 105 cm³/mol. The van der Waals surface area contributed by atoms with Crippen molar-refractivity contribution in [3.8, 4) is 5.75 Å². The molecule has 27 heavy (non-hydrogen) atoms. The molecule has 1 aliphatic heterocycles. The van der Waals surface area contributed by atoms with E-state index < -0.39 is 0 Å². The Kier molecular flexibility index (Phi) is 6.63. The maximum absolute atomic E-state index is 13.9. The molecule has 0 fully saturated rings. The number of aliphatic imine (C=N–C) groups is 1. The summed E-state index contributed by atoms with van der Waals surface area (Å²) in [6.07, 6.45) is 0.596. The van der Waals surface area contributed by atoms with Crippen LogP contribution in [0.3, 0.4) is 0 Å². The molecule has 1 aromatic heterocycles. The average molecular weight is 393 g/mol. The van der Waals surface area contributed by atoms with Crippen LogP contribution in [0.5, 0.6) is 5.75 Å². The highest BCUT2D eigenvalue weighted by atomic mass is 32.1. The van der Waals surface area contributed by atoms with E-state index in [-0.39, 0.29) is 12.6 Å². The van der Waals surface area contributed by atoms with Crippen molar-refractivity contribution in [1.82, 2.24) is 15.2 Å². The number of aryl methyl sites for hydroxylation is 1. The molecule has 8 heteroatoms. The molecule has 3 rings (SSSR count). The molecule has 0 bridgehead atoms. The summed E-state index contributed by atoms with van der Waals surface area (Å²) < 4.78 is 24.7. The Bertz CT molecular complexity index is 809. The minimum absolute atomic E-state index is 0.202. The lowest BCUT2D eigenvalue weighted by atomic mass is 10.1. The Labute approximate surface area is 163 Å². The van der Waals surface area contributed by atoms with E-state index in [1.54, 1.807) is 11.3 Å². The van der Waals surface area contributed by atoms with Gasteiger partial charge < -0.3 is 19.7 Å². The van der Waals surface area contributed by atoms with Crippen molar-refractivity contribution in [1.29, 1.82) is 0 Å². The highest BCUT2D eigenvalue weighted by Crippen LogP contribution is 2.29. The van der Waals surface area contributed by atoms with Crippen LogP contribution in [0.2, 0.25) is 0 Å². The topological polar surface area (TPSA) is 59.0 Å². The van der Waals surface area contributed by atoms with Crippen molar-refractivity contribution in [2.75, 3.05) is 26.9 Å². The molecule has 0 saturated carbocycles. The summed E-state index contributed by atoms with van der Waals surface area (Å²) in [6.45, 7) is 6.60. The van der Waals surface area contributed by atoms with Crippen molar-refractivity contribution in [3.05, 3.63) is 45.2 Å². The first-order valence-corrected chi connectivity index (χ1v) is 9.87. The molecule has 0 atom stereocenters. The van der Waals surface area contributed by atoms with Gasteiger partial charge in [-0.3, -0.25) is 4.99 Å². The maximum Gasteiger partial charge on any atom is 0.194 e. The summed E-state index contributed by atoms with van der Waals surface area (Å²) in [5, 5.41) is 6.41. The molecule has 0 aliphatic carbocycles. The number of rotatable bonds is 6. The Morgan fingerprint density at radius 1 is 1.44 bits per heavy atom. The van der Waals surface area contributed by atoms with Crippen LogP contribution in [0.25, 0.3) is 0 Å². The Hall–Kier alpha value is -2.19. The largest absolute Gasteiger partial charge is 0.467 e. The molecule has 1 N–H and O–H groups in total. The SMILES string of the molecule is CCNC(=NCCc1cc(F)cc2c1OCOC2)N(C)Cc1csc(C)n1. The molecule has 0 unspecified atom stereocenters. The average Bonchev–Trinajstić information content (AvgIpc) is 3.05. The molecule has 0 saturated heterocycles. The van der Waals surface area contributed by atoms with Gasteiger partial charge in [0.15, 0.2) is 12.8 Å². The van der Waals surface area contributed by atoms with Crippen LogP contribution in [0.4, 0.5) is 4.39 Å². The van der Waals surface area contributed by atoms with Crippen molar-refractivity contribution >= 4 is 17.3 Å². The zero-order valence-corrected chi connectivity index (χ0v) is 16.7. The van der Waals surface area contributed by atoms with Gasteiger partial charge >= 0.3 is 0 Å². The summed E-state index contributed by atoms with van der Waals surface area (Å²) in [6, 6.07) is 2.99. The Balaban J connectivity index is 1.67. The first kappa shape index (κ1) is 19.6. The molecular weight excluding hydrogens is 367 g/mol. The lowest BCUT2D eigenvalue weighted by Gasteiger charge is -2.22. The van der Waals surface area contributed by atoms with Gasteiger partial charge in [-0.2, -0.15) is 0 Å². The summed E-state index contributed by atoms with van der Waals surface area (Å²) in [5.74, 6) is 1.26. The third-order valence-electron chi connectivity index (χ3n) is 4.16. The second kappa shape index (κ2) is 9.14. The molecule has 6 nitrogen and oxygen atoms in total. The van der Waals surface area contributed by atoms with E-state index in [0.717, 1.165) is 40.1 Å². The monoisotopic (exact) mass is 392 g/mol. The van der Waals surface area contributed by atoms with Gasteiger partial charge in [0.2, 0.25) is 0 Å². The highest BCUT2D eigenvalue weighted by molar-refractivity contribution is 7.09. The van der Waals surface area contributed by atoms with E-state index in [1.165, 1.54) is 12.1 Å². The number of guanidine groups is 1. The van der Waals surface area contributed by atoms with Crippen molar-refractivity contribution in [3.63, 3.8) is 0 Å². The van der Waals surface area contributed by atoms with Gasteiger partial charge in [-0.05, 0) is 38.0 Å². The first-order valence-electron chi connectivity index (χ1n) is 8.99. The zero-order valence-electron chi connectivity index (χ0n) is 15.9. The number of halogens is 1. The van der Waals surface area contributed by atoms with E-state index in [9.17, 15) is 4.39 Å². The molecule has 1 aromatic carbocycles. The molecule has 0 amide bonds. The standard InChI is InChI=1S/C19H25FN4O2S/c1-4-21-19(24(3)9-17-11-27-13(2)23-17)22-6-5-14-7-16(20)8-15-10-25-12-26-18(14)15/h7-8,11H,4-6,9-10,12H2,1-3H3,(H,21,22). The molecule has 0 radical (unpaired) electrons. The number of hydrogen-bond acceptors (Lipinski definition) is 5. The normalized spacial score (nSPS) is 13.9. The lowest BCUT2D eigenvalue weighted by Crippen LogP contribution is -2.38. The van der Waals surface area contributed by atoms with E-state index >= 15 is 0 Å². The van der Waals surface area contributed by atoms with Gasteiger partial charge in [0.25, 0.3) is 0 Å². The van der Waals surface area contributed by atoms with Crippen molar-refractivity contribution < 1.29 is 13.9 Å². The predicted octanol–water partition coefficient (Wildman–Crippen LogP) is 3.10. The number of hydrogen-bond donors (Lipinski definition) is 1. The van der Waals surface area contributed by atoms with E-state index in [4.69, 9.17) is 9.47 Å². The van der Waals surface area contributed by atoms with Crippen LogP contribution in [0, 0.1) is 12.7 Å². The van der Waals surface area contributed by atoms with Gasteiger partial charge in [-0.15, -0.1) is 11.3 Å². The van der Waals surface area contributed by atoms with Gasteiger partial charge in [0.05, 0.1) is 23.9 Å². The van der Waals surface area contributed by atoms with Gasteiger partial charge in [0.1, 0.15) is 11.6 Å². The summed E-state index contributed by atoms with van der Waals surface area (Å²) in [5.41, 5.74) is 2.60. The second-order valence-electron chi connectivity index (χ2n) is 6.36. The van der Waals surface area contributed by atoms with Crippen LogP contribution in [0.15, 0.2) is 22.5 Å². The van der Waals surface area contributed by atoms with Crippen LogP contribution >= 0.6 is 11.3 Å². The quantitative estimate of drug-likeness (QED) is 0.605. The minimum atomic E-state index is -0.273. The Morgan fingerprint density at radius 3 is 3.04 bits per heavy atom. The van der Waals surface area contributed by atoms with Crippen LogP contribution in [-0.4, -0.2) is 42.8 Å². The number of aromatic nitrogens is 1. The van der Waals surface area contributed by atoms with E-state index in [2.05, 4.69) is 20.7 Å². The van der Waals surface area contributed by atoms with E-state index in [0.29, 0.717) is 26.1 Å². The summed E-state index contributed by atoms with van der Waals surface area (Å²) >= 11 is 1.64. The Morgan fingerprint density at radius 2 is 2.30 bits per heavy atom. The molecule has 2 aromatic rings. The minimum Gasteiger partial charge on any atom is -0.467 e. The van der Waals surface area contributed by atoms with Crippen LogP contribution in [-0.2, 0) is 24.3 Å². The van der Waals surface area contributed by atoms with Crippen LogP contribution < -0.4 is 10.1 Å². The number of fused-ring (bicyclic) bond motifs is 1. The summed E-state index contributed by atoms with van der Waals surface area (Å²) in [4.78, 5) is 11.2. The fourth-order valence-electron chi connectivity index (χ4n) is 2.99. The molecule has 0 spiro atoms. The van der Waals surface area contributed by atoms with Gasteiger partial charge in [0, 0.05) is 31.1 Å². The lowest BCUT2D eigenvalue weighted by molar-refractivity contribution is -0.0172. The fourth-order valence-corrected chi connectivity index (χ4v) is 3.60. The van der Waals surface area contributed by atoms with E-state index in [1.807, 2.05) is 25.8 Å². The van der Waals surface area contributed by atoms with Crippen molar-refractivity contribution in [2.45, 2.75) is 33.4 Å². The maximum atomic E-state index is 13.9. The molecule has 146 valence electrons. The molecular formula is C19H25FN4O2S. The second-order valence-corrected chi connectivity index (χ2v) is 7.43. The molecule has 2 heterocycles. The number of ether oxygens (including phenoxy) is 2. The summed E-state index contributed by atoms with van der Waals surface area (Å²) in [7, 11) is 1.99. The third-order valence-corrected chi connectivity index (χ3v) is 4.98.